The van der Waals surface area contributed by atoms with Crippen LogP contribution in [-0.2, 0) is 11.8 Å². The summed E-state index contributed by atoms with van der Waals surface area (Å²) in [5.74, 6) is 0.365. The van der Waals surface area contributed by atoms with Crippen molar-refractivity contribution < 1.29 is 9.59 Å². The molecule has 1 aliphatic heterocycles. The zero-order valence-corrected chi connectivity index (χ0v) is 12.8. The maximum Gasteiger partial charge on any atom is 0.329 e. The number of aromatic nitrogens is 2. The van der Waals surface area contributed by atoms with Crippen molar-refractivity contribution in [3.8, 4) is 0 Å². The first-order valence-electron chi connectivity index (χ1n) is 7.11. The van der Waals surface area contributed by atoms with E-state index in [1.165, 1.54) is 4.90 Å². The zero-order valence-electron chi connectivity index (χ0n) is 12.8. The number of carbonyl (C=O) groups is 2. The van der Waals surface area contributed by atoms with Crippen LogP contribution >= 0.6 is 0 Å². The fraction of sp³-hybridized carbons (Fsp3) is 0.400. The van der Waals surface area contributed by atoms with Gasteiger partial charge in [0, 0.05) is 25.4 Å². The Bertz CT molecular complexity index is 690. The number of hydrogen-bond donors (Lipinski definition) is 1. The number of hydrogen-bond acceptors (Lipinski definition) is 3. The standard InChI is InChI=1S/C13H14N4O2.C2H6/c1-8-4-3-5-9-11(8)16(2)15-12(9)17-7-6-10(18)14-13(17)19;1-2/h3-5H,6-7H2,1-2H3,(H,14,18,19);1-2H3. The third-order valence-corrected chi connectivity index (χ3v) is 3.36. The van der Waals surface area contributed by atoms with Gasteiger partial charge < -0.3 is 0 Å². The highest BCUT2D eigenvalue weighted by Crippen LogP contribution is 2.28. The van der Waals surface area contributed by atoms with Crippen LogP contribution in [0.25, 0.3) is 10.9 Å². The fourth-order valence-corrected chi connectivity index (χ4v) is 2.48. The topological polar surface area (TPSA) is 67.2 Å². The summed E-state index contributed by atoms with van der Waals surface area (Å²) in [6.45, 7) is 6.37. The van der Waals surface area contributed by atoms with Crippen molar-refractivity contribution in [1.82, 2.24) is 15.1 Å². The van der Waals surface area contributed by atoms with E-state index < -0.39 is 6.03 Å². The highest BCUT2D eigenvalue weighted by molar-refractivity contribution is 6.09. The molecule has 1 aromatic heterocycles. The van der Waals surface area contributed by atoms with Crippen molar-refractivity contribution in [2.24, 2.45) is 7.05 Å². The minimum Gasteiger partial charge on any atom is -0.278 e. The van der Waals surface area contributed by atoms with E-state index in [1.807, 2.05) is 46.0 Å². The van der Waals surface area contributed by atoms with Crippen LogP contribution < -0.4 is 10.2 Å². The molecule has 1 N–H and O–H groups in total. The quantitative estimate of drug-likeness (QED) is 0.876. The summed E-state index contributed by atoms with van der Waals surface area (Å²) in [6.07, 6.45) is 0.301. The fourth-order valence-electron chi connectivity index (χ4n) is 2.48. The van der Waals surface area contributed by atoms with Gasteiger partial charge in [-0.3, -0.25) is 19.7 Å². The molecule has 3 rings (SSSR count). The molecule has 6 nitrogen and oxygen atoms in total. The predicted molar refractivity (Wildman–Crippen MR) is 82.3 cm³/mol. The molecule has 2 heterocycles. The van der Waals surface area contributed by atoms with Gasteiger partial charge in [-0.25, -0.2) is 4.79 Å². The van der Waals surface area contributed by atoms with Gasteiger partial charge in [0.1, 0.15) is 0 Å². The number of para-hydroxylation sites is 1. The van der Waals surface area contributed by atoms with Crippen LogP contribution in [-0.4, -0.2) is 28.3 Å². The van der Waals surface area contributed by atoms with E-state index in [0.29, 0.717) is 18.8 Å². The normalized spacial score (nSPS) is 14.8. The number of nitrogens with zero attached hydrogens (tertiary/aromatic N) is 3. The molecule has 0 saturated carbocycles. The second-order valence-electron chi connectivity index (χ2n) is 4.67. The summed E-state index contributed by atoms with van der Waals surface area (Å²) >= 11 is 0. The largest absolute Gasteiger partial charge is 0.329 e. The SMILES string of the molecule is CC.Cc1cccc2c(N3CCC(=O)NC3=O)nn(C)c12. The first kappa shape index (κ1) is 15.0. The van der Waals surface area contributed by atoms with E-state index in [1.54, 1.807) is 4.68 Å². The maximum absolute atomic E-state index is 11.9. The van der Waals surface area contributed by atoms with Crippen molar-refractivity contribution in [2.45, 2.75) is 27.2 Å². The van der Waals surface area contributed by atoms with Gasteiger partial charge in [-0.2, -0.15) is 5.10 Å². The molecule has 1 fully saturated rings. The smallest absolute Gasteiger partial charge is 0.278 e. The van der Waals surface area contributed by atoms with Crippen LogP contribution in [0.2, 0.25) is 0 Å². The third kappa shape index (κ3) is 2.61. The number of rotatable bonds is 1. The molecule has 0 bridgehead atoms. The third-order valence-electron chi connectivity index (χ3n) is 3.36. The lowest BCUT2D eigenvalue weighted by molar-refractivity contribution is -0.120. The number of amides is 3. The van der Waals surface area contributed by atoms with Gasteiger partial charge in [-0.05, 0) is 18.6 Å². The molecule has 1 aromatic carbocycles. The van der Waals surface area contributed by atoms with Crippen LogP contribution in [0.4, 0.5) is 10.6 Å². The van der Waals surface area contributed by atoms with Crippen molar-refractivity contribution in [3.63, 3.8) is 0 Å². The Kier molecular flexibility index (Phi) is 4.26. The van der Waals surface area contributed by atoms with Crippen molar-refractivity contribution in [3.05, 3.63) is 23.8 Å². The minimum absolute atomic E-state index is 0.238. The van der Waals surface area contributed by atoms with Crippen LogP contribution in [0.5, 0.6) is 0 Å². The van der Waals surface area contributed by atoms with Crippen LogP contribution in [0.15, 0.2) is 18.2 Å². The molecule has 21 heavy (non-hydrogen) atoms. The maximum atomic E-state index is 11.9. The van der Waals surface area contributed by atoms with E-state index in [-0.39, 0.29) is 5.91 Å². The summed E-state index contributed by atoms with van der Waals surface area (Å²) in [6, 6.07) is 5.48. The lowest BCUT2D eigenvalue weighted by atomic mass is 10.1. The molecular weight excluding hydrogens is 268 g/mol. The summed E-state index contributed by atoms with van der Waals surface area (Å²) in [5.41, 5.74) is 2.11. The number of fused-ring (bicyclic) bond motifs is 1. The summed E-state index contributed by atoms with van der Waals surface area (Å²) in [7, 11) is 1.85. The number of benzene rings is 1. The number of carbonyl (C=O) groups excluding carboxylic acids is 2. The van der Waals surface area contributed by atoms with Crippen molar-refractivity contribution in [1.29, 1.82) is 0 Å². The molecule has 0 spiro atoms. The average molecular weight is 288 g/mol. The Morgan fingerprint density at radius 2 is 1.95 bits per heavy atom. The van der Waals surface area contributed by atoms with Crippen LogP contribution in [0, 0.1) is 6.92 Å². The molecule has 1 saturated heterocycles. The van der Waals surface area contributed by atoms with Crippen LogP contribution in [0.1, 0.15) is 25.8 Å². The molecule has 1 aliphatic rings. The Hall–Kier alpha value is -2.37. The monoisotopic (exact) mass is 288 g/mol. The van der Waals surface area contributed by atoms with Crippen molar-refractivity contribution >= 4 is 28.7 Å². The number of imide groups is 1. The zero-order chi connectivity index (χ0) is 15.6. The molecule has 0 atom stereocenters. The average Bonchev–Trinajstić information content (AvgIpc) is 2.80. The molecule has 0 radical (unpaired) electrons. The molecule has 2 aromatic rings. The van der Waals surface area contributed by atoms with Gasteiger partial charge in [0.2, 0.25) is 5.91 Å². The summed E-state index contributed by atoms with van der Waals surface area (Å²) < 4.78 is 1.77. The summed E-state index contributed by atoms with van der Waals surface area (Å²) in [5, 5.41) is 7.66. The van der Waals surface area contributed by atoms with Gasteiger partial charge in [-0.1, -0.05) is 26.0 Å². The van der Waals surface area contributed by atoms with Gasteiger partial charge in [0.05, 0.1) is 5.52 Å². The van der Waals surface area contributed by atoms with Crippen LogP contribution in [0.3, 0.4) is 0 Å². The summed E-state index contributed by atoms with van der Waals surface area (Å²) in [4.78, 5) is 24.6. The van der Waals surface area contributed by atoms with Gasteiger partial charge in [-0.15, -0.1) is 0 Å². The Morgan fingerprint density at radius 1 is 1.24 bits per heavy atom. The molecule has 3 amide bonds. The first-order chi connectivity index (χ1) is 10.1. The van der Waals surface area contributed by atoms with Gasteiger partial charge >= 0.3 is 6.03 Å². The van der Waals surface area contributed by atoms with E-state index in [2.05, 4.69) is 10.4 Å². The predicted octanol–water partition coefficient (Wildman–Crippen LogP) is 2.35. The van der Waals surface area contributed by atoms with Gasteiger partial charge in [0.15, 0.2) is 5.82 Å². The Labute approximate surface area is 123 Å². The molecule has 6 heteroatoms. The van der Waals surface area contributed by atoms with E-state index in [4.69, 9.17) is 0 Å². The molecule has 0 unspecified atom stereocenters. The van der Waals surface area contributed by atoms with Gasteiger partial charge in [0.25, 0.3) is 0 Å². The second-order valence-corrected chi connectivity index (χ2v) is 4.67. The Morgan fingerprint density at radius 3 is 2.62 bits per heavy atom. The number of nitrogens with one attached hydrogen (secondary N) is 1. The molecule has 0 aliphatic carbocycles. The minimum atomic E-state index is -0.405. The lowest BCUT2D eigenvalue weighted by Crippen LogP contribution is -2.49. The van der Waals surface area contributed by atoms with Crippen molar-refractivity contribution in [2.75, 3.05) is 11.4 Å². The number of aryl methyl sites for hydroxylation is 2. The van der Waals surface area contributed by atoms with E-state index in [0.717, 1.165) is 16.5 Å². The number of anilines is 1. The first-order valence-corrected chi connectivity index (χ1v) is 7.11. The lowest BCUT2D eigenvalue weighted by Gasteiger charge is -2.24. The number of urea groups is 1. The van der Waals surface area contributed by atoms with E-state index >= 15 is 0 Å². The Balaban J connectivity index is 0.000000774. The highest BCUT2D eigenvalue weighted by atomic mass is 16.2. The molecular formula is C15H20N4O2. The van der Waals surface area contributed by atoms with E-state index in [9.17, 15) is 9.59 Å². The highest BCUT2D eigenvalue weighted by Gasteiger charge is 2.27. The second kappa shape index (κ2) is 5.95. The molecule has 112 valence electrons.